The van der Waals surface area contributed by atoms with Crippen molar-refractivity contribution in [2.75, 3.05) is 0 Å². The summed E-state index contributed by atoms with van der Waals surface area (Å²) in [6, 6.07) is 34.6. The van der Waals surface area contributed by atoms with Crippen LogP contribution in [0.2, 0.25) is 0 Å². The van der Waals surface area contributed by atoms with Gasteiger partial charge in [-0.1, -0.05) is 54.6 Å². The van der Waals surface area contributed by atoms with Crippen LogP contribution in [0.5, 0.6) is 0 Å². The van der Waals surface area contributed by atoms with Crippen molar-refractivity contribution >= 4 is 64.1 Å². The summed E-state index contributed by atoms with van der Waals surface area (Å²) in [5.41, 5.74) is 6.40. The smallest absolute Gasteiger partial charge is 0.0972 e. The van der Waals surface area contributed by atoms with Gasteiger partial charge in [0, 0.05) is 60.5 Å². The fourth-order valence-corrected chi connectivity index (χ4v) is 6.48. The average molecular weight is 490 g/mol. The number of pyridine rings is 3. The van der Waals surface area contributed by atoms with Crippen LogP contribution in [0, 0.1) is 0 Å². The monoisotopic (exact) mass is 489 g/mol. The van der Waals surface area contributed by atoms with Gasteiger partial charge in [0.15, 0.2) is 0 Å². The Kier molecular flexibility index (Phi) is 4.39. The summed E-state index contributed by atoms with van der Waals surface area (Å²) in [5.74, 6) is 0. The van der Waals surface area contributed by atoms with E-state index in [4.69, 9.17) is 4.98 Å². The van der Waals surface area contributed by atoms with Gasteiger partial charge in [-0.2, -0.15) is 0 Å². The molecule has 4 aromatic heterocycles. The first-order valence-electron chi connectivity index (χ1n) is 12.3. The highest BCUT2D eigenvalue weighted by atomic mass is 32.1. The Labute approximate surface area is 216 Å². The Balaban J connectivity index is 1.35. The van der Waals surface area contributed by atoms with Crippen LogP contribution in [-0.4, -0.2) is 15.0 Å². The van der Waals surface area contributed by atoms with Crippen LogP contribution in [0.1, 0.15) is 0 Å². The van der Waals surface area contributed by atoms with Crippen molar-refractivity contribution in [3.05, 3.63) is 116 Å². The molecule has 0 unspecified atom stereocenters. The Morgan fingerprint density at radius 3 is 2.41 bits per heavy atom. The second-order valence-electron chi connectivity index (χ2n) is 9.34. The second-order valence-corrected chi connectivity index (χ2v) is 10.4. The first kappa shape index (κ1) is 20.5. The second kappa shape index (κ2) is 7.92. The van der Waals surface area contributed by atoms with E-state index in [1.807, 2.05) is 36.0 Å². The number of hydrogen-bond acceptors (Lipinski definition) is 4. The van der Waals surface area contributed by atoms with Gasteiger partial charge in [0.2, 0.25) is 0 Å². The molecule has 0 radical (unpaired) electrons. The molecule has 0 bridgehead atoms. The van der Waals surface area contributed by atoms with Crippen LogP contribution >= 0.6 is 11.3 Å². The summed E-state index contributed by atoms with van der Waals surface area (Å²) in [5, 5.41) is 7.11. The van der Waals surface area contributed by atoms with Gasteiger partial charge in [-0.3, -0.25) is 9.97 Å². The zero-order valence-electron chi connectivity index (χ0n) is 19.7. The van der Waals surface area contributed by atoms with Crippen molar-refractivity contribution in [1.29, 1.82) is 0 Å². The van der Waals surface area contributed by atoms with E-state index >= 15 is 0 Å². The molecule has 4 aromatic carbocycles. The van der Waals surface area contributed by atoms with Crippen LogP contribution in [0.4, 0.5) is 0 Å². The fraction of sp³-hybridized carbons (Fsp3) is 0. The predicted octanol–water partition coefficient (Wildman–Crippen LogP) is 9.03. The van der Waals surface area contributed by atoms with Crippen molar-refractivity contribution in [3.63, 3.8) is 0 Å². The molecule has 0 saturated carbocycles. The van der Waals surface area contributed by atoms with Crippen LogP contribution in [0.25, 0.3) is 75.1 Å². The normalized spacial score (nSPS) is 11.8. The molecular weight excluding hydrogens is 470 g/mol. The van der Waals surface area contributed by atoms with Crippen molar-refractivity contribution in [1.82, 2.24) is 15.0 Å². The van der Waals surface area contributed by atoms with Gasteiger partial charge >= 0.3 is 0 Å². The van der Waals surface area contributed by atoms with Gasteiger partial charge < -0.3 is 0 Å². The van der Waals surface area contributed by atoms with E-state index in [-0.39, 0.29) is 0 Å². The van der Waals surface area contributed by atoms with Crippen molar-refractivity contribution < 1.29 is 0 Å². The van der Waals surface area contributed by atoms with Gasteiger partial charge in [0.25, 0.3) is 0 Å². The third-order valence-electron chi connectivity index (χ3n) is 7.17. The molecule has 0 aliphatic rings. The summed E-state index contributed by atoms with van der Waals surface area (Å²) < 4.78 is 2.57. The Morgan fingerprint density at radius 1 is 0.568 bits per heavy atom. The number of rotatable bonds is 2. The van der Waals surface area contributed by atoms with Crippen molar-refractivity contribution in [2.24, 2.45) is 0 Å². The van der Waals surface area contributed by atoms with Crippen LogP contribution < -0.4 is 0 Å². The molecule has 0 spiro atoms. The minimum atomic E-state index is 0.941. The summed E-state index contributed by atoms with van der Waals surface area (Å²) in [6.45, 7) is 0. The molecule has 0 aliphatic carbocycles. The molecule has 0 fully saturated rings. The molecule has 3 nitrogen and oxygen atoms in total. The number of thiophene rings is 1. The lowest BCUT2D eigenvalue weighted by atomic mass is 9.97. The number of benzene rings is 4. The highest BCUT2D eigenvalue weighted by Gasteiger charge is 2.13. The molecule has 4 heterocycles. The van der Waals surface area contributed by atoms with Crippen molar-refractivity contribution in [3.8, 4) is 22.4 Å². The maximum Gasteiger partial charge on any atom is 0.0972 e. The lowest BCUT2D eigenvalue weighted by Crippen LogP contribution is -1.88. The highest BCUT2D eigenvalue weighted by molar-refractivity contribution is 7.26. The maximum atomic E-state index is 5.09. The first-order chi connectivity index (χ1) is 18.3. The molecule has 4 heteroatoms. The van der Waals surface area contributed by atoms with Gasteiger partial charge in [-0.15, -0.1) is 11.3 Å². The first-order valence-corrected chi connectivity index (χ1v) is 13.1. The molecule has 0 aliphatic heterocycles. The van der Waals surface area contributed by atoms with E-state index in [9.17, 15) is 0 Å². The molecular formula is C33H19N3S. The van der Waals surface area contributed by atoms with Crippen LogP contribution in [0.15, 0.2) is 116 Å². The molecule has 8 aromatic rings. The number of nitrogens with zero attached hydrogens (tertiary/aromatic N) is 3. The van der Waals surface area contributed by atoms with Gasteiger partial charge in [-0.25, -0.2) is 4.98 Å². The summed E-state index contributed by atoms with van der Waals surface area (Å²) in [6.07, 6.45) is 5.62. The average Bonchev–Trinajstić information content (AvgIpc) is 3.35. The standard InChI is InChI=1S/C33H19N3S/c1-4-26(23-9-6-20-14-16-34-19-25(20)17-23)31-27-18-24(11-13-29(27)37-30(31)5-1)28-12-10-22-8-7-21-3-2-15-35-32(21)33(22)36-28/h1-19H. The van der Waals surface area contributed by atoms with Gasteiger partial charge in [-0.05, 0) is 59.0 Å². The predicted molar refractivity (Wildman–Crippen MR) is 156 cm³/mol. The molecule has 0 atom stereocenters. The van der Waals surface area contributed by atoms with E-state index in [2.05, 4.69) is 101 Å². The Hall–Kier alpha value is -4.67. The molecule has 0 amide bonds. The Bertz CT molecular complexity index is 2160. The quantitative estimate of drug-likeness (QED) is 0.227. The van der Waals surface area contributed by atoms with Crippen LogP contribution in [-0.2, 0) is 0 Å². The minimum Gasteiger partial charge on any atom is -0.264 e. The molecule has 172 valence electrons. The molecule has 0 saturated heterocycles. The Morgan fingerprint density at radius 2 is 1.43 bits per heavy atom. The minimum absolute atomic E-state index is 0.941. The van der Waals surface area contributed by atoms with E-state index < -0.39 is 0 Å². The van der Waals surface area contributed by atoms with Gasteiger partial charge in [0.1, 0.15) is 0 Å². The number of fused-ring (bicyclic) bond motifs is 7. The topological polar surface area (TPSA) is 38.7 Å². The van der Waals surface area contributed by atoms with Crippen molar-refractivity contribution in [2.45, 2.75) is 0 Å². The lowest BCUT2D eigenvalue weighted by Gasteiger charge is -2.08. The molecule has 0 N–H and O–H groups in total. The third-order valence-corrected chi connectivity index (χ3v) is 8.31. The SMILES string of the molecule is c1cnc2c(c1)ccc1ccc(-c3ccc4sc5cccc(-c6ccc7ccncc7c6)c5c4c3)nc12. The maximum absolute atomic E-state index is 5.09. The van der Waals surface area contributed by atoms with Gasteiger partial charge in [0.05, 0.1) is 16.7 Å². The number of hydrogen-bond donors (Lipinski definition) is 0. The van der Waals surface area contributed by atoms with E-state index in [1.54, 1.807) is 0 Å². The largest absolute Gasteiger partial charge is 0.264 e. The fourth-order valence-electron chi connectivity index (χ4n) is 5.36. The lowest BCUT2D eigenvalue weighted by molar-refractivity contribution is 1.36. The zero-order valence-corrected chi connectivity index (χ0v) is 20.5. The van der Waals surface area contributed by atoms with Crippen LogP contribution in [0.3, 0.4) is 0 Å². The molecule has 8 rings (SSSR count). The zero-order chi connectivity index (χ0) is 24.3. The number of aromatic nitrogens is 3. The van der Waals surface area contributed by atoms with E-state index in [1.165, 1.54) is 36.7 Å². The summed E-state index contributed by atoms with van der Waals surface area (Å²) >= 11 is 1.84. The molecule has 37 heavy (non-hydrogen) atoms. The van der Waals surface area contributed by atoms with E-state index in [0.29, 0.717) is 0 Å². The third kappa shape index (κ3) is 3.23. The summed E-state index contributed by atoms with van der Waals surface area (Å²) in [4.78, 5) is 14.0. The summed E-state index contributed by atoms with van der Waals surface area (Å²) in [7, 11) is 0. The van der Waals surface area contributed by atoms with E-state index in [0.717, 1.165) is 38.4 Å². The highest BCUT2D eigenvalue weighted by Crippen LogP contribution is 2.42.